The Kier molecular flexibility index (Phi) is 18.9. The second kappa shape index (κ2) is 21.8. The van der Waals surface area contributed by atoms with Crippen LogP contribution in [0.5, 0.6) is 5.75 Å². The van der Waals surface area contributed by atoms with Crippen LogP contribution in [0.3, 0.4) is 0 Å². The minimum atomic E-state index is -0.980. The number of likely N-dealkylation sites (tertiary alicyclic amines) is 1. The van der Waals surface area contributed by atoms with Gasteiger partial charge in [0.2, 0.25) is 23.6 Å². The zero-order chi connectivity index (χ0) is 42.7. The van der Waals surface area contributed by atoms with Gasteiger partial charge in [-0.05, 0) is 62.9 Å². The molecule has 14 heteroatoms. The van der Waals surface area contributed by atoms with Crippen molar-refractivity contribution in [2.24, 2.45) is 23.7 Å². The van der Waals surface area contributed by atoms with Crippen LogP contribution in [0.25, 0.3) is 0 Å². The lowest BCUT2D eigenvalue weighted by Gasteiger charge is -2.44. The maximum atomic E-state index is 14.6. The molecule has 1 aliphatic heterocycles. The molecule has 1 unspecified atom stereocenters. The number of ether oxygens (including phenoxy) is 4. The Labute approximate surface area is 335 Å². The number of Topliss-reactive ketones (excluding diaryl/α,β-unsaturated/α-hetero) is 1. The molecule has 1 aromatic rings. The Morgan fingerprint density at radius 3 is 1.93 bits per heavy atom. The van der Waals surface area contributed by atoms with E-state index in [2.05, 4.69) is 16.0 Å². The molecule has 4 amide bonds. The van der Waals surface area contributed by atoms with E-state index < -0.39 is 53.7 Å². The third-order valence-corrected chi connectivity index (χ3v) is 11.7. The maximum absolute atomic E-state index is 14.6. The predicted octanol–water partition coefficient (Wildman–Crippen LogP) is 3.70. The van der Waals surface area contributed by atoms with Crippen molar-refractivity contribution in [3.63, 3.8) is 0 Å². The Balaban J connectivity index is 2.38. The van der Waals surface area contributed by atoms with Gasteiger partial charge >= 0.3 is 0 Å². The van der Waals surface area contributed by atoms with Crippen LogP contribution in [-0.2, 0) is 33.4 Å². The van der Waals surface area contributed by atoms with Crippen molar-refractivity contribution in [1.29, 1.82) is 0 Å². The van der Waals surface area contributed by atoms with Gasteiger partial charge in [-0.1, -0.05) is 54.9 Å². The Hall–Kier alpha value is -3.59. The number of benzene rings is 1. The standard InChI is InChI=1S/C42H71N5O9/c1-16-26(6)36(46(11)41(52)35(25(4)5)45-40(51)34(43-10)24(2)3)32(55-14)21-33(48)47-23-31(54-13)22-42(47,9)38(56-15)27(7)39(50)44-28(8)37(49)29-17-19-30(53-12)20-18-29/h17-20,24-28,31-32,34-36,38,43H,16,21-23H2,1-15H3,(H,44,50)(H,45,51)/t26?,27-,28-,31-,32-,34+,35+,36+,38-,42+/m1/s1. The first-order valence-electron chi connectivity index (χ1n) is 19.9. The summed E-state index contributed by atoms with van der Waals surface area (Å²) in [5.41, 5.74) is -0.545. The molecule has 1 aliphatic rings. The molecule has 0 radical (unpaired) electrons. The molecule has 1 fully saturated rings. The van der Waals surface area contributed by atoms with Gasteiger partial charge in [0.1, 0.15) is 11.8 Å². The van der Waals surface area contributed by atoms with Crippen LogP contribution in [0.2, 0.25) is 0 Å². The Morgan fingerprint density at radius 2 is 1.46 bits per heavy atom. The molecule has 0 aromatic heterocycles. The van der Waals surface area contributed by atoms with Gasteiger partial charge in [0.15, 0.2) is 5.78 Å². The number of methoxy groups -OCH3 is 4. The summed E-state index contributed by atoms with van der Waals surface area (Å²) in [5.74, 6) is -1.82. The van der Waals surface area contributed by atoms with Crippen LogP contribution < -0.4 is 20.7 Å². The minimum absolute atomic E-state index is 0.0133. The molecule has 0 bridgehead atoms. The van der Waals surface area contributed by atoms with Crippen molar-refractivity contribution < 1.29 is 42.9 Å². The number of nitrogens with one attached hydrogen (secondary N) is 3. The van der Waals surface area contributed by atoms with Gasteiger partial charge in [0.05, 0.1) is 61.4 Å². The monoisotopic (exact) mass is 790 g/mol. The molecule has 318 valence electrons. The van der Waals surface area contributed by atoms with Crippen LogP contribution in [-0.4, -0.2) is 136 Å². The number of carbonyl (C=O) groups is 5. The lowest BCUT2D eigenvalue weighted by molar-refractivity contribution is -0.152. The quantitative estimate of drug-likeness (QED) is 0.148. The van der Waals surface area contributed by atoms with Gasteiger partial charge in [0.25, 0.3) is 0 Å². The van der Waals surface area contributed by atoms with Crippen LogP contribution >= 0.6 is 0 Å². The number of ketones is 1. The number of hydrogen-bond acceptors (Lipinski definition) is 10. The first kappa shape index (κ1) is 48.6. The van der Waals surface area contributed by atoms with Gasteiger partial charge in [-0.15, -0.1) is 0 Å². The summed E-state index contributed by atoms with van der Waals surface area (Å²) in [6.45, 7) is 17.2. The second-order valence-electron chi connectivity index (χ2n) is 16.2. The van der Waals surface area contributed by atoms with Gasteiger partial charge in [-0.25, -0.2) is 0 Å². The molecule has 0 spiro atoms. The van der Waals surface area contributed by atoms with E-state index >= 15 is 0 Å². The lowest BCUT2D eigenvalue weighted by atomic mass is 9.82. The fraction of sp³-hybridized carbons (Fsp3) is 0.738. The third kappa shape index (κ3) is 11.5. The van der Waals surface area contributed by atoms with E-state index in [9.17, 15) is 24.0 Å². The lowest BCUT2D eigenvalue weighted by Crippen LogP contribution is -2.61. The van der Waals surface area contributed by atoms with Gasteiger partial charge in [0, 0.05) is 46.9 Å². The molecule has 2 rings (SSSR count). The van der Waals surface area contributed by atoms with E-state index in [0.29, 0.717) is 24.2 Å². The fourth-order valence-corrected chi connectivity index (χ4v) is 8.17. The molecule has 3 N–H and O–H groups in total. The summed E-state index contributed by atoms with van der Waals surface area (Å²) in [4.78, 5) is 72.4. The molecular formula is C42H71N5O9. The number of amides is 4. The first-order chi connectivity index (χ1) is 26.3. The zero-order valence-corrected chi connectivity index (χ0v) is 36.6. The molecule has 1 aromatic carbocycles. The van der Waals surface area contributed by atoms with Crippen molar-refractivity contribution in [1.82, 2.24) is 25.8 Å². The number of likely N-dealkylation sites (N-methyl/N-ethyl adjacent to an activating group) is 2. The summed E-state index contributed by atoms with van der Waals surface area (Å²) in [6, 6.07) is 4.09. The summed E-state index contributed by atoms with van der Waals surface area (Å²) in [7, 11) is 9.61. The highest BCUT2D eigenvalue weighted by atomic mass is 16.5. The van der Waals surface area contributed by atoms with Crippen LogP contribution in [0, 0.1) is 23.7 Å². The largest absolute Gasteiger partial charge is 0.497 e. The summed E-state index contributed by atoms with van der Waals surface area (Å²) < 4.78 is 23.1. The predicted molar refractivity (Wildman–Crippen MR) is 216 cm³/mol. The van der Waals surface area contributed by atoms with Crippen LogP contribution in [0.4, 0.5) is 0 Å². The molecule has 14 nitrogen and oxygen atoms in total. The fourth-order valence-electron chi connectivity index (χ4n) is 8.17. The van der Waals surface area contributed by atoms with E-state index in [4.69, 9.17) is 18.9 Å². The van der Waals surface area contributed by atoms with E-state index in [1.165, 1.54) is 14.2 Å². The molecule has 0 aliphatic carbocycles. The van der Waals surface area contributed by atoms with Gasteiger partial charge in [-0.2, -0.15) is 0 Å². The molecule has 1 heterocycles. The smallest absolute Gasteiger partial charge is 0.245 e. The average Bonchev–Trinajstić information content (AvgIpc) is 3.52. The molecule has 1 saturated heterocycles. The highest BCUT2D eigenvalue weighted by Gasteiger charge is 2.53. The second-order valence-corrected chi connectivity index (χ2v) is 16.2. The van der Waals surface area contributed by atoms with Gasteiger partial charge < -0.3 is 44.7 Å². The SMILES string of the molecule is CCC(C)[C@@H]([C@@H](CC(=O)N1C[C@H](OC)C[C@@]1(C)[C@H](OC)[C@@H](C)C(=O)N[C@H](C)C(=O)c1ccc(OC)cc1)OC)N(C)C(=O)[C@@H](NC(=O)[C@@H](NC)C(C)C)C(C)C. The van der Waals surface area contributed by atoms with Crippen LogP contribution in [0.1, 0.15) is 91.9 Å². The molecule has 0 saturated carbocycles. The van der Waals surface area contributed by atoms with Crippen molar-refractivity contribution in [3.05, 3.63) is 29.8 Å². The maximum Gasteiger partial charge on any atom is 0.245 e. The topological polar surface area (TPSA) is 165 Å². The number of rotatable bonds is 22. The number of carbonyl (C=O) groups excluding carboxylic acids is 5. The summed E-state index contributed by atoms with van der Waals surface area (Å²) >= 11 is 0. The van der Waals surface area contributed by atoms with Crippen molar-refractivity contribution >= 4 is 29.4 Å². The Morgan fingerprint density at radius 1 is 0.875 bits per heavy atom. The number of hydrogen-bond donors (Lipinski definition) is 3. The highest BCUT2D eigenvalue weighted by molar-refractivity contribution is 6.02. The van der Waals surface area contributed by atoms with E-state index in [1.807, 2.05) is 48.5 Å². The van der Waals surface area contributed by atoms with Crippen LogP contribution in [0.15, 0.2) is 24.3 Å². The first-order valence-corrected chi connectivity index (χ1v) is 19.9. The zero-order valence-electron chi connectivity index (χ0n) is 36.6. The van der Waals surface area contributed by atoms with E-state index in [1.54, 1.807) is 76.2 Å². The van der Waals surface area contributed by atoms with Crippen molar-refractivity contribution in [2.45, 2.75) is 130 Å². The van der Waals surface area contributed by atoms with E-state index in [-0.39, 0.29) is 60.3 Å². The van der Waals surface area contributed by atoms with Crippen molar-refractivity contribution in [2.75, 3.05) is 49.1 Å². The molecule has 10 atom stereocenters. The molecule has 56 heavy (non-hydrogen) atoms. The highest BCUT2D eigenvalue weighted by Crippen LogP contribution is 2.39. The normalized spacial score (nSPS) is 21.4. The Bertz CT molecular complexity index is 1460. The number of nitrogens with zero attached hydrogens (tertiary/aromatic N) is 2. The van der Waals surface area contributed by atoms with Gasteiger partial charge in [-0.3, -0.25) is 24.0 Å². The summed E-state index contributed by atoms with van der Waals surface area (Å²) in [5, 5.41) is 8.88. The average molecular weight is 790 g/mol. The summed E-state index contributed by atoms with van der Waals surface area (Å²) in [6.07, 6.45) is -0.759. The third-order valence-electron chi connectivity index (χ3n) is 11.7. The van der Waals surface area contributed by atoms with Crippen molar-refractivity contribution in [3.8, 4) is 5.75 Å². The minimum Gasteiger partial charge on any atom is -0.497 e. The van der Waals surface area contributed by atoms with E-state index in [0.717, 1.165) is 0 Å². The molecular weight excluding hydrogens is 718 g/mol.